The van der Waals surface area contributed by atoms with Gasteiger partial charge in [0.1, 0.15) is 14.4 Å². The minimum absolute atomic E-state index is 0.873. The lowest BCUT2D eigenvalue weighted by Crippen LogP contribution is -2.39. The maximum absolute atomic E-state index is 11.1. The topological polar surface area (TPSA) is 17.1 Å². The van der Waals surface area contributed by atoms with Crippen molar-refractivity contribution < 1.29 is 4.79 Å². The second kappa shape index (κ2) is 6.92. The van der Waals surface area contributed by atoms with Crippen molar-refractivity contribution in [3.05, 3.63) is 41.6 Å². The smallest absolute Gasteiger partial charge is 0.145 e. The SMILES string of the molecule is C[Si](C)(/C=C(\C=O)CCCBr)c1ccccc1. The van der Waals surface area contributed by atoms with Crippen LogP contribution in [0.4, 0.5) is 0 Å². The fourth-order valence-corrected chi connectivity index (χ4v) is 4.49. The number of aldehydes is 1. The lowest BCUT2D eigenvalue weighted by molar-refractivity contribution is -0.105. The lowest BCUT2D eigenvalue weighted by atomic mass is 10.2. The molecule has 0 spiro atoms. The van der Waals surface area contributed by atoms with Crippen LogP contribution < -0.4 is 5.19 Å². The number of alkyl halides is 1. The fraction of sp³-hybridized carbons (Fsp3) is 0.357. The third-order valence-electron chi connectivity index (χ3n) is 2.81. The van der Waals surface area contributed by atoms with Gasteiger partial charge in [0.2, 0.25) is 0 Å². The van der Waals surface area contributed by atoms with Gasteiger partial charge in [0.15, 0.2) is 0 Å². The Morgan fingerprint density at radius 3 is 2.47 bits per heavy atom. The van der Waals surface area contributed by atoms with E-state index in [1.165, 1.54) is 5.19 Å². The monoisotopic (exact) mass is 310 g/mol. The van der Waals surface area contributed by atoms with Crippen molar-refractivity contribution in [2.24, 2.45) is 0 Å². The molecule has 0 bridgehead atoms. The maximum atomic E-state index is 11.1. The molecule has 92 valence electrons. The van der Waals surface area contributed by atoms with E-state index in [4.69, 9.17) is 0 Å². The Balaban J connectivity index is 2.89. The molecule has 0 amide bonds. The number of allylic oxidation sites excluding steroid dienone is 1. The van der Waals surface area contributed by atoms with Gasteiger partial charge in [0, 0.05) is 5.33 Å². The molecular weight excluding hydrogens is 292 g/mol. The first-order valence-electron chi connectivity index (χ1n) is 5.88. The summed E-state index contributed by atoms with van der Waals surface area (Å²) in [7, 11) is -1.62. The van der Waals surface area contributed by atoms with Crippen molar-refractivity contribution in [3.8, 4) is 0 Å². The fourth-order valence-electron chi connectivity index (χ4n) is 1.85. The summed E-state index contributed by atoms with van der Waals surface area (Å²) >= 11 is 3.40. The van der Waals surface area contributed by atoms with Gasteiger partial charge in [-0.3, -0.25) is 4.79 Å². The molecule has 0 aliphatic carbocycles. The van der Waals surface area contributed by atoms with Gasteiger partial charge in [-0.25, -0.2) is 0 Å². The average molecular weight is 311 g/mol. The van der Waals surface area contributed by atoms with Gasteiger partial charge in [-0.1, -0.05) is 70.2 Å². The maximum Gasteiger partial charge on any atom is 0.145 e. The van der Waals surface area contributed by atoms with Crippen LogP contribution in [0.5, 0.6) is 0 Å². The molecule has 0 saturated heterocycles. The summed E-state index contributed by atoms with van der Waals surface area (Å²) in [6, 6.07) is 10.5. The highest BCUT2D eigenvalue weighted by molar-refractivity contribution is 9.09. The third-order valence-corrected chi connectivity index (χ3v) is 6.29. The number of rotatable bonds is 6. The van der Waals surface area contributed by atoms with Gasteiger partial charge < -0.3 is 0 Å². The summed E-state index contributed by atoms with van der Waals surface area (Å²) < 4.78 is 0. The van der Waals surface area contributed by atoms with Gasteiger partial charge in [0.05, 0.1) is 0 Å². The van der Waals surface area contributed by atoms with Crippen molar-refractivity contribution in [1.82, 2.24) is 0 Å². The Morgan fingerprint density at radius 2 is 1.94 bits per heavy atom. The van der Waals surface area contributed by atoms with Crippen molar-refractivity contribution >= 4 is 35.5 Å². The van der Waals surface area contributed by atoms with Crippen molar-refractivity contribution in [2.45, 2.75) is 25.9 Å². The minimum atomic E-state index is -1.62. The van der Waals surface area contributed by atoms with E-state index in [9.17, 15) is 4.79 Å². The molecule has 0 N–H and O–H groups in total. The highest BCUT2D eigenvalue weighted by Gasteiger charge is 2.20. The molecule has 0 aliphatic rings. The molecule has 0 aliphatic heterocycles. The van der Waals surface area contributed by atoms with Gasteiger partial charge in [-0.15, -0.1) is 0 Å². The van der Waals surface area contributed by atoms with Crippen LogP contribution in [0.1, 0.15) is 12.8 Å². The van der Waals surface area contributed by atoms with E-state index >= 15 is 0 Å². The van der Waals surface area contributed by atoms with Crippen LogP contribution in [0, 0.1) is 0 Å². The molecule has 0 fully saturated rings. The molecule has 17 heavy (non-hydrogen) atoms. The molecule has 1 rings (SSSR count). The van der Waals surface area contributed by atoms with E-state index in [2.05, 4.69) is 59.0 Å². The predicted molar refractivity (Wildman–Crippen MR) is 80.7 cm³/mol. The molecule has 0 radical (unpaired) electrons. The van der Waals surface area contributed by atoms with Crippen LogP contribution in [0.2, 0.25) is 13.1 Å². The van der Waals surface area contributed by atoms with E-state index < -0.39 is 8.07 Å². The first-order valence-corrected chi connectivity index (χ1v) is 10.1. The molecule has 1 aromatic carbocycles. The first kappa shape index (κ1) is 14.4. The molecule has 1 aromatic rings. The Labute approximate surface area is 113 Å². The van der Waals surface area contributed by atoms with Gasteiger partial charge in [0.25, 0.3) is 0 Å². The van der Waals surface area contributed by atoms with Gasteiger partial charge in [-0.2, -0.15) is 0 Å². The molecule has 3 heteroatoms. The van der Waals surface area contributed by atoms with Gasteiger partial charge in [-0.05, 0) is 18.4 Å². The lowest BCUT2D eigenvalue weighted by Gasteiger charge is -2.19. The van der Waals surface area contributed by atoms with Crippen molar-refractivity contribution in [1.29, 1.82) is 0 Å². The number of benzene rings is 1. The normalized spacial score (nSPS) is 12.5. The molecule has 0 unspecified atom stereocenters. The quantitative estimate of drug-likeness (QED) is 0.340. The zero-order chi connectivity index (χ0) is 12.7. The Kier molecular flexibility index (Phi) is 5.85. The van der Waals surface area contributed by atoms with Crippen LogP contribution in [0.15, 0.2) is 41.6 Å². The zero-order valence-corrected chi connectivity index (χ0v) is 13.0. The Hall–Kier alpha value is -0.673. The number of hydrogen-bond donors (Lipinski definition) is 0. The first-order chi connectivity index (χ1) is 8.10. The van der Waals surface area contributed by atoms with E-state index in [1.807, 2.05) is 6.07 Å². The van der Waals surface area contributed by atoms with Crippen molar-refractivity contribution in [3.63, 3.8) is 0 Å². The van der Waals surface area contributed by atoms with Gasteiger partial charge >= 0.3 is 0 Å². The van der Waals surface area contributed by atoms with Crippen LogP contribution in [0.25, 0.3) is 0 Å². The minimum Gasteiger partial charge on any atom is -0.298 e. The number of hydrogen-bond acceptors (Lipinski definition) is 1. The summed E-state index contributed by atoms with van der Waals surface area (Å²) in [5.41, 5.74) is 3.17. The summed E-state index contributed by atoms with van der Waals surface area (Å²) in [6.45, 7) is 4.56. The van der Waals surface area contributed by atoms with E-state index in [1.54, 1.807) is 0 Å². The highest BCUT2D eigenvalue weighted by Crippen LogP contribution is 2.12. The van der Waals surface area contributed by atoms with E-state index in [0.29, 0.717) is 0 Å². The Morgan fingerprint density at radius 1 is 1.29 bits per heavy atom. The van der Waals surface area contributed by atoms with E-state index in [-0.39, 0.29) is 0 Å². The molecule has 0 heterocycles. The largest absolute Gasteiger partial charge is 0.298 e. The number of carbonyl (C=O) groups is 1. The molecule has 0 saturated carbocycles. The summed E-state index contributed by atoms with van der Waals surface area (Å²) in [5.74, 6) is 0. The zero-order valence-electron chi connectivity index (χ0n) is 10.4. The molecule has 0 aromatic heterocycles. The summed E-state index contributed by atoms with van der Waals surface area (Å²) in [4.78, 5) is 11.1. The summed E-state index contributed by atoms with van der Waals surface area (Å²) in [5, 5.41) is 2.32. The number of halogens is 1. The van der Waals surface area contributed by atoms with Crippen LogP contribution in [0.3, 0.4) is 0 Å². The Bertz CT molecular complexity index is 384. The predicted octanol–water partition coefficient (Wildman–Crippen LogP) is 3.44. The van der Waals surface area contributed by atoms with Crippen LogP contribution >= 0.6 is 15.9 Å². The molecule has 0 atom stereocenters. The standard InChI is InChI=1S/C14H19BrOSi/c1-17(2,14-8-4-3-5-9-14)12-13(11-16)7-6-10-15/h3-5,8-9,11-12H,6-7,10H2,1-2H3/b13-12-. The van der Waals surface area contributed by atoms with Crippen molar-refractivity contribution in [2.75, 3.05) is 5.33 Å². The molecular formula is C14H19BrOSi. The summed E-state index contributed by atoms with van der Waals surface area (Å²) in [6.07, 6.45) is 2.90. The average Bonchev–Trinajstić information content (AvgIpc) is 2.35. The third kappa shape index (κ3) is 4.60. The van der Waals surface area contributed by atoms with E-state index in [0.717, 1.165) is 30.0 Å². The second-order valence-electron chi connectivity index (χ2n) is 4.72. The molecule has 1 nitrogen and oxygen atoms in total. The number of carbonyl (C=O) groups excluding carboxylic acids is 1. The second-order valence-corrected chi connectivity index (χ2v) is 9.82. The van der Waals surface area contributed by atoms with Crippen LogP contribution in [-0.2, 0) is 4.79 Å². The van der Waals surface area contributed by atoms with Crippen LogP contribution in [-0.4, -0.2) is 19.7 Å². The highest BCUT2D eigenvalue weighted by atomic mass is 79.9.